The Bertz CT molecular complexity index is 1260. The number of aliphatic hydroxyl groups excluding tert-OH is 1. The third kappa shape index (κ3) is 6.95. The number of nitrogens with one attached hydrogen (secondary N) is 1. The number of fused-ring (bicyclic) bond motifs is 1. The highest BCUT2D eigenvalue weighted by atomic mass is 19.4. The van der Waals surface area contributed by atoms with Crippen molar-refractivity contribution in [3.8, 4) is 11.1 Å². The molecule has 2 N–H and O–H groups in total. The van der Waals surface area contributed by atoms with E-state index in [-0.39, 0.29) is 18.1 Å². The number of piperazine rings is 1. The second-order valence-corrected chi connectivity index (χ2v) is 11.8. The van der Waals surface area contributed by atoms with Gasteiger partial charge in [0.05, 0.1) is 12.5 Å². The van der Waals surface area contributed by atoms with Crippen LogP contribution >= 0.6 is 0 Å². The van der Waals surface area contributed by atoms with Gasteiger partial charge in [-0.1, -0.05) is 24.3 Å². The van der Waals surface area contributed by atoms with Crippen LogP contribution in [0.3, 0.4) is 0 Å². The van der Waals surface area contributed by atoms with Crippen LogP contribution in [-0.4, -0.2) is 80.0 Å². The molecule has 2 aromatic heterocycles. The number of hydrogen-bond donors (Lipinski definition) is 2. The molecule has 2 fully saturated rings. The first-order valence-electron chi connectivity index (χ1n) is 14.5. The zero-order chi connectivity index (χ0) is 28.4. The lowest BCUT2D eigenvalue weighted by molar-refractivity contribution is -0.136. The van der Waals surface area contributed by atoms with E-state index in [1.54, 1.807) is 6.20 Å². The molecule has 5 rings (SSSR count). The van der Waals surface area contributed by atoms with E-state index in [0.29, 0.717) is 11.7 Å². The number of aliphatic hydroxyl groups is 1. The molecule has 1 saturated carbocycles. The van der Waals surface area contributed by atoms with Crippen LogP contribution in [0.1, 0.15) is 64.5 Å². The number of benzene rings is 1. The Morgan fingerprint density at radius 1 is 1.00 bits per heavy atom. The van der Waals surface area contributed by atoms with Gasteiger partial charge in [0.1, 0.15) is 5.65 Å². The summed E-state index contributed by atoms with van der Waals surface area (Å²) in [7, 11) is 0. The van der Waals surface area contributed by atoms with Gasteiger partial charge < -0.3 is 15.0 Å². The molecule has 0 unspecified atom stereocenters. The molecule has 1 atom stereocenters. The summed E-state index contributed by atoms with van der Waals surface area (Å²) in [6.07, 6.45) is 1.41. The summed E-state index contributed by atoms with van der Waals surface area (Å²) >= 11 is 0. The molecule has 3 aromatic rings. The molecule has 0 bridgehead atoms. The summed E-state index contributed by atoms with van der Waals surface area (Å²) in [6, 6.07) is 8.55. The Kier molecular flexibility index (Phi) is 8.68. The molecule has 1 aliphatic heterocycles. The normalized spacial score (nSPS) is 22.2. The van der Waals surface area contributed by atoms with Crippen molar-refractivity contribution in [2.24, 2.45) is 0 Å². The fourth-order valence-corrected chi connectivity index (χ4v) is 6.05. The highest BCUT2D eigenvalue weighted by Crippen LogP contribution is 2.37. The number of halogens is 3. The maximum Gasteiger partial charge on any atom is 0.391 e. The van der Waals surface area contributed by atoms with Crippen molar-refractivity contribution in [1.29, 1.82) is 0 Å². The standard InChI is InChI=1S/C30H41F3N6O/c1-20(2)38-14-12-37(13-15-38)18-22-4-6-23(7-5-22)27-19-39(24-8-10-25(40)11-9-24)28-26(27)17-34-29(36-28)35-21(3)16-30(31,32)33/h4-7,17,19-21,24-25,40H,8-16,18H2,1-3H3,(H,34,35,36)/t21-,24?,25?/m0/s1. The first kappa shape index (κ1) is 28.8. The number of aromatic nitrogens is 3. The summed E-state index contributed by atoms with van der Waals surface area (Å²) in [5, 5.41) is 13.7. The Morgan fingerprint density at radius 2 is 1.68 bits per heavy atom. The number of rotatable bonds is 8. The van der Waals surface area contributed by atoms with Crippen molar-refractivity contribution in [3.05, 3.63) is 42.2 Å². The van der Waals surface area contributed by atoms with E-state index in [9.17, 15) is 18.3 Å². The molecule has 218 valence electrons. The average molecular weight is 559 g/mol. The van der Waals surface area contributed by atoms with Crippen LogP contribution in [0, 0.1) is 0 Å². The molecule has 3 heterocycles. The quantitative estimate of drug-likeness (QED) is 0.361. The minimum atomic E-state index is -4.26. The highest BCUT2D eigenvalue weighted by Gasteiger charge is 2.30. The van der Waals surface area contributed by atoms with Crippen molar-refractivity contribution in [2.45, 2.75) is 89.8 Å². The molecule has 40 heavy (non-hydrogen) atoms. The van der Waals surface area contributed by atoms with E-state index < -0.39 is 18.6 Å². The van der Waals surface area contributed by atoms with E-state index in [4.69, 9.17) is 4.98 Å². The van der Waals surface area contributed by atoms with Gasteiger partial charge in [-0.25, -0.2) is 4.98 Å². The summed E-state index contributed by atoms with van der Waals surface area (Å²) < 4.78 is 40.8. The zero-order valence-corrected chi connectivity index (χ0v) is 23.7. The fourth-order valence-electron chi connectivity index (χ4n) is 6.05. The van der Waals surface area contributed by atoms with Gasteiger partial charge in [0.25, 0.3) is 0 Å². The van der Waals surface area contributed by atoms with Gasteiger partial charge in [0.15, 0.2) is 0 Å². The van der Waals surface area contributed by atoms with Gasteiger partial charge in [0.2, 0.25) is 5.95 Å². The smallest absolute Gasteiger partial charge is 0.391 e. The molecule has 7 nitrogen and oxygen atoms in total. The lowest BCUT2D eigenvalue weighted by Gasteiger charge is -2.36. The Balaban J connectivity index is 1.38. The molecule has 1 aromatic carbocycles. The molecular formula is C30H41F3N6O. The van der Waals surface area contributed by atoms with E-state index in [1.807, 2.05) is 0 Å². The third-order valence-corrected chi connectivity index (χ3v) is 8.35. The van der Waals surface area contributed by atoms with Crippen molar-refractivity contribution in [2.75, 3.05) is 31.5 Å². The SMILES string of the molecule is CC(C)N1CCN(Cc2ccc(-c3cn(C4CCC(O)CC4)c4nc(N[C@@H](C)CC(F)(F)F)ncc34)cc2)CC1. The maximum absolute atomic E-state index is 12.9. The first-order chi connectivity index (χ1) is 19.1. The first-order valence-corrected chi connectivity index (χ1v) is 14.5. The number of alkyl halides is 3. The van der Waals surface area contributed by atoms with Gasteiger partial charge in [0, 0.05) is 74.2 Å². The molecule has 10 heteroatoms. The topological polar surface area (TPSA) is 69.5 Å². The minimum absolute atomic E-state index is 0.166. The Hall–Kier alpha value is -2.69. The van der Waals surface area contributed by atoms with Crippen LogP contribution in [0.15, 0.2) is 36.7 Å². The van der Waals surface area contributed by atoms with Gasteiger partial charge in [-0.2, -0.15) is 18.2 Å². The second kappa shape index (κ2) is 12.0. The van der Waals surface area contributed by atoms with Crippen LogP contribution in [0.25, 0.3) is 22.2 Å². The van der Waals surface area contributed by atoms with E-state index in [2.05, 4.69) is 69.0 Å². The van der Waals surface area contributed by atoms with Gasteiger partial charge in [-0.3, -0.25) is 9.80 Å². The van der Waals surface area contributed by atoms with Crippen LogP contribution < -0.4 is 5.32 Å². The second-order valence-electron chi connectivity index (χ2n) is 11.8. The molecule has 0 radical (unpaired) electrons. The van der Waals surface area contributed by atoms with E-state index in [1.165, 1.54) is 12.5 Å². The van der Waals surface area contributed by atoms with Crippen molar-refractivity contribution in [1.82, 2.24) is 24.3 Å². The molecule has 1 aliphatic carbocycles. The van der Waals surface area contributed by atoms with Crippen LogP contribution in [-0.2, 0) is 6.54 Å². The zero-order valence-electron chi connectivity index (χ0n) is 23.7. The van der Waals surface area contributed by atoms with Gasteiger partial charge in [-0.05, 0) is 57.6 Å². The van der Waals surface area contributed by atoms with Crippen LogP contribution in [0.2, 0.25) is 0 Å². The van der Waals surface area contributed by atoms with E-state index in [0.717, 1.165) is 74.9 Å². The molecule has 0 amide bonds. The average Bonchev–Trinajstić information content (AvgIpc) is 3.27. The van der Waals surface area contributed by atoms with Crippen molar-refractivity contribution in [3.63, 3.8) is 0 Å². The summed E-state index contributed by atoms with van der Waals surface area (Å²) in [4.78, 5) is 14.1. The van der Waals surface area contributed by atoms with E-state index >= 15 is 0 Å². The number of hydrogen-bond acceptors (Lipinski definition) is 6. The Morgan fingerprint density at radius 3 is 2.30 bits per heavy atom. The summed E-state index contributed by atoms with van der Waals surface area (Å²) in [5.41, 5.74) is 4.05. The van der Waals surface area contributed by atoms with Crippen LogP contribution in [0.4, 0.5) is 19.1 Å². The predicted molar refractivity (Wildman–Crippen MR) is 152 cm³/mol. The molecular weight excluding hydrogens is 517 g/mol. The summed E-state index contributed by atoms with van der Waals surface area (Å²) in [6.45, 7) is 11.2. The number of nitrogens with zero attached hydrogens (tertiary/aromatic N) is 5. The fraction of sp³-hybridized carbons (Fsp3) is 0.600. The van der Waals surface area contributed by atoms with Crippen molar-refractivity contribution >= 4 is 17.0 Å². The van der Waals surface area contributed by atoms with Crippen LogP contribution in [0.5, 0.6) is 0 Å². The Labute approximate surface area is 234 Å². The maximum atomic E-state index is 12.9. The molecule has 2 aliphatic rings. The molecule has 1 saturated heterocycles. The predicted octanol–water partition coefficient (Wildman–Crippen LogP) is 5.85. The van der Waals surface area contributed by atoms with Crippen molar-refractivity contribution < 1.29 is 18.3 Å². The van der Waals surface area contributed by atoms with Gasteiger partial charge >= 0.3 is 6.18 Å². The molecule has 0 spiro atoms. The highest BCUT2D eigenvalue weighted by molar-refractivity contribution is 5.94. The summed E-state index contributed by atoms with van der Waals surface area (Å²) in [5.74, 6) is 0.193. The number of anilines is 1. The monoisotopic (exact) mass is 558 g/mol. The lowest BCUT2D eigenvalue weighted by Crippen LogP contribution is -2.48. The largest absolute Gasteiger partial charge is 0.393 e. The van der Waals surface area contributed by atoms with Gasteiger partial charge in [-0.15, -0.1) is 0 Å². The lowest BCUT2D eigenvalue weighted by atomic mass is 9.93. The third-order valence-electron chi connectivity index (χ3n) is 8.35. The minimum Gasteiger partial charge on any atom is -0.393 e.